The van der Waals surface area contributed by atoms with Crippen LogP contribution in [0.1, 0.15) is 19.8 Å². The highest BCUT2D eigenvalue weighted by molar-refractivity contribution is 7.91. The molecule has 1 unspecified atom stereocenters. The average molecular weight is 216 g/mol. The minimum atomic E-state index is -2.94. The van der Waals surface area contributed by atoms with Crippen molar-refractivity contribution in [1.82, 2.24) is 5.01 Å². The van der Waals surface area contributed by atoms with E-state index in [1.165, 1.54) is 5.01 Å². The smallest absolute Gasteiger partial charge is 0.248 e. The number of hydrogen-bond acceptors (Lipinski definition) is 4. The number of carbonyl (C=O) groups excluding carboxylic acids is 1. The summed E-state index contributed by atoms with van der Waals surface area (Å²) in [5.74, 6) is 0.163. The molecule has 0 radical (unpaired) electrons. The highest BCUT2D eigenvalue weighted by Crippen LogP contribution is 2.21. The van der Waals surface area contributed by atoms with Gasteiger partial charge in [-0.1, -0.05) is 0 Å². The molecule has 6 heteroatoms. The summed E-state index contributed by atoms with van der Waals surface area (Å²) in [4.78, 5) is 11.4. The highest BCUT2D eigenvalue weighted by atomic mass is 32.2. The van der Waals surface area contributed by atoms with Crippen LogP contribution >= 0.6 is 0 Å². The fourth-order valence-electron chi connectivity index (χ4n) is 1.83. The fourth-order valence-corrected chi connectivity index (χ4v) is 3.52. The first-order valence-corrected chi connectivity index (χ1v) is 6.37. The van der Waals surface area contributed by atoms with E-state index in [2.05, 4.69) is 5.10 Å². The molecule has 1 saturated heterocycles. The predicted octanol–water partition coefficient (Wildman–Crippen LogP) is -0.218. The number of hydrazone groups is 1. The van der Waals surface area contributed by atoms with Gasteiger partial charge in [0.1, 0.15) is 0 Å². The van der Waals surface area contributed by atoms with Crippen molar-refractivity contribution in [2.24, 2.45) is 5.10 Å². The third kappa shape index (κ3) is 1.66. The number of carbonyl (C=O) groups is 1. The zero-order chi connectivity index (χ0) is 10.3. The second-order valence-corrected chi connectivity index (χ2v) is 6.04. The quantitative estimate of drug-likeness (QED) is 0.608. The summed E-state index contributed by atoms with van der Waals surface area (Å²) in [6.07, 6.45) is 0.849. The van der Waals surface area contributed by atoms with Crippen LogP contribution in [0.2, 0.25) is 0 Å². The standard InChI is InChI=1S/C8H12N2O3S/c1-6-4-8(11)10(9-6)7-2-3-14(12,13)5-7/h7H,2-5H2,1H3. The van der Waals surface area contributed by atoms with E-state index < -0.39 is 9.84 Å². The Morgan fingerprint density at radius 1 is 1.50 bits per heavy atom. The van der Waals surface area contributed by atoms with Crippen molar-refractivity contribution in [3.8, 4) is 0 Å². The van der Waals surface area contributed by atoms with E-state index in [-0.39, 0.29) is 23.5 Å². The molecule has 1 amide bonds. The first kappa shape index (κ1) is 9.64. The highest BCUT2D eigenvalue weighted by Gasteiger charge is 2.36. The Kier molecular flexibility index (Phi) is 2.10. The summed E-state index contributed by atoms with van der Waals surface area (Å²) in [5, 5.41) is 5.40. The minimum absolute atomic E-state index is 0.0650. The molecule has 2 heterocycles. The number of nitrogens with zero attached hydrogens (tertiary/aromatic N) is 2. The molecule has 1 atom stereocenters. The van der Waals surface area contributed by atoms with Crippen LogP contribution in [0.25, 0.3) is 0 Å². The summed E-state index contributed by atoms with van der Waals surface area (Å²) in [6.45, 7) is 1.78. The molecule has 2 aliphatic heterocycles. The van der Waals surface area contributed by atoms with Crippen LogP contribution in [0, 0.1) is 0 Å². The molecule has 0 aromatic carbocycles. The average Bonchev–Trinajstić information content (AvgIpc) is 2.55. The van der Waals surface area contributed by atoms with Crippen LogP contribution in [0.4, 0.5) is 0 Å². The van der Waals surface area contributed by atoms with E-state index in [4.69, 9.17) is 0 Å². The Balaban J connectivity index is 2.15. The largest absolute Gasteiger partial charge is 0.273 e. The first-order valence-electron chi connectivity index (χ1n) is 4.54. The molecule has 0 bridgehead atoms. The van der Waals surface area contributed by atoms with Gasteiger partial charge in [0.2, 0.25) is 5.91 Å². The summed E-state index contributed by atoms with van der Waals surface area (Å²) >= 11 is 0. The van der Waals surface area contributed by atoms with Gasteiger partial charge in [0, 0.05) is 5.71 Å². The lowest BCUT2D eigenvalue weighted by molar-refractivity contribution is -0.130. The van der Waals surface area contributed by atoms with E-state index in [1.54, 1.807) is 6.92 Å². The van der Waals surface area contributed by atoms with E-state index in [9.17, 15) is 13.2 Å². The van der Waals surface area contributed by atoms with Crippen molar-refractivity contribution in [2.75, 3.05) is 11.5 Å². The molecule has 0 saturated carbocycles. The summed E-state index contributed by atoms with van der Waals surface area (Å²) in [7, 11) is -2.94. The molecule has 0 spiro atoms. The maximum Gasteiger partial charge on any atom is 0.248 e. The van der Waals surface area contributed by atoms with Crippen molar-refractivity contribution in [1.29, 1.82) is 0 Å². The summed E-state index contributed by atoms with van der Waals surface area (Å²) in [6, 6.07) is -0.232. The number of hydrogen-bond donors (Lipinski definition) is 0. The van der Waals surface area contributed by atoms with E-state index in [0.29, 0.717) is 12.8 Å². The third-order valence-corrected chi connectivity index (χ3v) is 4.25. The van der Waals surface area contributed by atoms with Crippen molar-refractivity contribution in [3.63, 3.8) is 0 Å². The van der Waals surface area contributed by atoms with Gasteiger partial charge in [0.05, 0.1) is 24.0 Å². The van der Waals surface area contributed by atoms with Gasteiger partial charge in [-0.2, -0.15) is 5.10 Å². The molecular weight excluding hydrogens is 204 g/mol. The zero-order valence-electron chi connectivity index (χ0n) is 7.93. The van der Waals surface area contributed by atoms with E-state index >= 15 is 0 Å². The Labute approximate surface area is 82.7 Å². The second kappa shape index (κ2) is 3.05. The zero-order valence-corrected chi connectivity index (χ0v) is 8.75. The van der Waals surface area contributed by atoms with Gasteiger partial charge in [-0.05, 0) is 13.3 Å². The van der Waals surface area contributed by atoms with Crippen LogP contribution in [0.3, 0.4) is 0 Å². The molecule has 0 aliphatic carbocycles. The molecular formula is C8H12N2O3S. The Morgan fingerprint density at radius 2 is 2.21 bits per heavy atom. The van der Waals surface area contributed by atoms with Crippen LogP contribution in [0.15, 0.2) is 5.10 Å². The minimum Gasteiger partial charge on any atom is -0.273 e. The van der Waals surface area contributed by atoms with Crippen LogP contribution in [-0.2, 0) is 14.6 Å². The van der Waals surface area contributed by atoms with Crippen molar-refractivity contribution in [2.45, 2.75) is 25.8 Å². The monoisotopic (exact) mass is 216 g/mol. The third-order valence-electron chi connectivity index (χ3n) is 2.50. The molecule has 0 aromatic rings. The maximum absolute atomic E-state index is 11.4. The topological polar surface area (TPSA) is 66.8 Å². The lowest BCUT2D eigenvalue weighted by Crippen LogP contribution is -2.33. The summed E-state index contributed by atoms with van der Waals surface area (Å²) < 4.78 is 22.4. The molecule has 2 rings (SSSR count). The van der Waals surface area contributed by atoms with Crippen molar-refractivity contribution in [3.05, 3.63) is 0 Å². The van der Waals surface area contributed by atoms with E-state index in [1.807, 2.05) is 0 Å². The number of rotatable bonds is 1. The van der Waals surface area contributed by atoms with Gasteiger partial charge in [-0.25, -0.2) is 13.4 Å². The van der Waals surface area contributed by atoms with E-state index in [0.717, 1.165) is 5.71 Å². The van der Waals surface area contributed by atoms with Gasteiger partial charge in [-0.3, -0.25) is 4.79 Å². The Hall–Kier alpha value is -0.910. The van der Waals surface area contributed by atoms with Crippen molar-refractivity contribution < 1.29 is 13.2 Å². The molecule has 14 heavy (non-hydrogen) atoms. The molecule has 0 N–H and O–H groups in total. The number of amides is 1. The normalized spacial score (nSPS) is 30.9. The molecule has 1 fully saturated rings. The number of sulfone groups is 1. The van der Waals surface area contributed by atoms with Gasteiger partial charge in [0.15, 0.2) is 9.84 Å². The van der Waals surface area contributed by atoms with Crippen LogP contribution in [-0.4, -0.2) is 42.6 Å². The molecule has 0 aromatic heterocycles. The molecule has 78 valence electrons. The first-order chi connectivity index (χ1) is 6.48. The van der Waals surface area contributed by atoms with Gasteiger partial charge in [0.25, 0.3) is 0 Å². The second-order valence-electron chi connectivity index (χ2n) is 3.81. The lowest BCUT2D eigenvalue weighted by atomic mass is 10.2. The molecule has 5 nitrogen and oxygen atoms in total. The van der Waals surface area contributed by atoms with Gasteiger partial charge < -0.3 is 0 Å². The SMILES string of the molecule is CC1=NN(C2CCS(=O)(=O)C2)C(=O)C1. The lowest BCUT2D eigenvalue weighted by Gasteiger charge is -2.17. The molecule has 2 aliphatic rings. The maximum atomic E-state index is 11.4. The van der Waals surface area contributed by atoms with Crippen LogP contribution < -0.4 is 0 Å². The van der Waals surface area contributed by atoms with Crippen molar-refractivity contribution >= 4 is 21.5 Å². The predicted molar refractivity (Wildman–Crippen MR) is 51.6 cm³/mol. The Morgan fingerprint density at radius 3 is 2.64 bits per heavy atom. The van der Waals surface area contributed by atoms with Gasteiger partial charge in [-0.15, -0.1) is 0 Å². The van der Waals surface area contributed by atoms with Gasteiger partial charge >= 0.3 is 0 Å². The van der Waals surface area contributed by atoms with Crippen LogP contribution in [0.5, 0.6) is 0 Å². The Bertz CT molecular complexity index is 399. The fraction of sp³-hybridized carbons (Fsp3) is 0.750. The summed E-state index contributed by atoms with van der Waals surface area (Å²) in [5.41, 5.74) is 0.763.